The number of nitro groups is 1. The third kappa shape index (κ3) is 3.72. The van der Waals surface area contributed by atoms with Crippen LogP contribution in [0.4, 0.5) is 10.7 Å². The van der Waals surface area contributed by atoms with Crippen molar-refractivity contribution in [3.8, 4) is 0 Å². The molecule has 0 aliphatic heterocycles. The van der Waals surface area contributed by atoms with E-state index in [1.807, 2.05) is 0 Å². The first-order chi connectivity index (χ1) is 9.82. The minimum absolute atomic E-state index is 0.00611. The first kappa shape index (κ1) is 16.2. The topological polar surface area (TPSA) is 110 Å². The van der Waals surface area contributed by atoms with E-state index in [4.69, 9.17) is 5.11 Å². The fourth-order valence-corrected chi connectivity index (χ4v) is 4.69. The van der Waals surface area contributed by atoms with Crippen molar-refractivity contribution in [1.82, 2.24) is 0 Å². The Balaban J connectivity index is 2.26. The lowest BCUT2D eigenvalue weighted by Crippen LogP contribution is -2.24. The fourth-order valence-electron chi connectivity index (χ4n) is 2.69. The van der Waals surface area contributed by atoms with Crippen molar-refractivity contribution >= 4 is 31.9 Å². The van der Waals surface area contributed by atoms with Crippen molar-refractivity contribution in [2.75, 3.05) is 18.2 Å². The van der Waals surface area contributed by atoms with Crippen LogP contribution in [0.1, 0.15) is 25.7 Å². The maximum atomic E-state index is 11.6. The minimum atomic E-state index is -3.46. The lowest BCUT2D eigenvalue weighted by atomic mass is 10.0. The van der Waals surface area contributed by atoms with Gasteiger partial charge in [-0.05, 0) is 25.2 Å². The maximum Gasteiger partial charge on any atom is 0.304 e. The number of rotatable bonds is 6. The Labute approximate surface area is 127 Å². The molecule has 2 rings (SSSR count). The number of aliphatic hydroxyl groups excluding tert-OH is 1. The van der Waals surface area contributed by atoms with Gasteiger partial charge in [0, 0.05) is 25.0 Å². The van der Waals surface area contributed by atoms with E-state index in [1.54, 1.807) is 0 Å². The summed E-state index contributed by atoms with van der Waals surface area (Å²) >= 11 is 0.899. The molecule has 7 nitrogen and oxygen atoms in total. The number of nitrogens with one attached hydrogen (secondary N) is 1. The van der Waals surface area contributed by atoms with E-state index < -0.39 is 14.8 Å². The van der Waals surface area contributed by atoms with Crippen LogP contribution in [0.5, 0.6) is 0 Å². The Morgan fingerprint density at radius 1 is 1.52 bits per heavy atom. The molecule has 1 fully saturated rings. The largest absolute Gasteiger partial charge is 0.396 e. The van der Waals surface area contributed by atoms with Crippen molar-refractivity contribution in [2.24, 2.45) is 5.92 Å². The molecule has 0 amide bonds. The molecule has 118 valence electrons. The van der Waals surface area contributed by atoms with Gasteiger partial charge in [0.25, 0.3) is 0 Å². The number of nitrogens with zero attached hydrogens (tertiary/aromatic N) is 1. The quantitative estimate of drug-likeness (QED) is 0.608. The van der Waals surface area contributed by atoms with Gasteiger partial charge in [-0.3, -0.25) is 10.1 Å². The molecule has 21 heavy (non-hydrogen) atoms. The zero-order chi connectivity index (χ0) is 15.6. The van der Waals surface area contributed by atoms with E-state index in [0.29, 0.717) is 6.42 Å². The van der Waals surface area contributed by atoms with Crippen LogP contribution in [0.15, 0.2) is 10.3 Å². The summed E-state index contributed by atoms with van der Waals surface area (Å²) in [4.78, 5) is 10.5. The second-order valence-corrected chi connectivity index (χ2v) is 8.56. The van der Waals surface area contributed by atoms with Crippen LogP contribution in [0.3, 0.4) is 0 Å². The van der Waals surface area contributed by atoms with Gasteiger partial charge in [0.1, 0.15) is 4.21 Å². The maximum absolute atomic E-state index is 11.6. The van der Waals surface area contributed by atoms with E-state index in [-0.39, 0.29) is 33.5 Å². The number of anilines is 1. The average Bonchev–Trinajstić information content (AvgIpc) is 2.97. The van der Waals surface area contributed by atoms with E-state index in [2.05, 4.69) is 5.32 Å². The predicted molar refractivity (Wildman–Crippen MR) is 80.5 cm³/mol. The molecule has 2 N–H and O–H groups in total. The molecule has 0 saturated heterocycles. The Bertz CT molecular complexity index is 626. The fraction of sp³-hybridized carbons (Fsp3) is 0.667. The van der Waals surface area contributed by atoms with E-state index in [9.17, 15) is 18.5 Å². The number of thiophene rings is 1. The van der Waals surface area contributed by atoms with Crippen molar-refractivity contribution in [3.63, 3.8) is 0 Å². The molecule has 0 bridgehead atoms. The Hall–Kier alpha value is -1.19. The van der Waals surface area contributed by atoms with Crippen molar-refractivity contribution < 1.29 is 18.4 Å². The molecule has 0 radical (unpaired) electrons. The van der Waals surface area contributed by atoms with Crippen molar-refractivity contribution in [3.05, 3.63) is 16.2 Å². The molecule has 0 spiro atoms. The number of hydrogen-bond acceptors (Lipinski definition) is 7. The summed E-state index contributed by atoms with van der Waals surface area (Å²) in [6.45, 7) is 0.0873. The molecule has 1 aromatic rings. The summed E-state index contributed by atoms with van der Waals surface area (Å²) in [5, 5.41) is 23.5. The Morgan fingerprint density at radius 3 is 2.81 bits per heavy atom. The minimum Gasteiger partial charge on any atom is -0.396 e. The highest BCUT2D eigenvalue weighted by Crippen LogP contribution is 2.40. The van der Waals surface area contributed by atoms with Gasteiger partial charge in [-0.1, -0.05) is 17.8 Å². The van der Waals surface area contributed by atoms with E-state index in [0.717, 1.165) is 42.9 Å². The van der Waals surface area contributed by atoms with Crippen LogP contribution in [0, 0.1) is 16.0 Å². The number of aliphatic hydroxyl groups is 1. The van der Waals surface area contributed by atoms with Gasteiger partial charge >= 0.3 is 5.69 Å². The van der Waals surface area contributed by atoms with Gasteiger partial charge in [0.2, 0.25) is 0 Å². The average molecular weight is 334 g/mol. The highest BCUT2D eigenvalue weighted by atomic mass is 32.2. The summed E-state index contributed by atoms with van der Waals surface area (Å²) < 4.78 is 23.1. The highest BCUT2D eigenvalue weighted by molar-refractivity contribution is 7.92. The zero-order valence-electron chi connectivity index (χ0n) is 11.6. The lowest BCUT2D eigenvalue weighted by molar-refractivity contribution is -0.383. The van der Waals surface area contributed by atoms with Crippen LogP contribution in [-0.4, -0.2) is 37.4 Å². The second kappa shape index (κ2) is 6.29. The van der Waals surface area contributed by atoms with Gasteiger partial charge in [-0.2, -0.15) is 0 Å². The molecule has 1 heterocycles. The normalized spacial score (nSPS) is 22.4. The zero-order valence-corrected chi connectivity index (χ0v) is 13.2. The van der Waals surface area contributed by atoms with E-state index >= 15 is 0 Å². The molecule has 2 unspecified atom stereocenters. The lowest BCUT2D eigenvalue weighted by Gasteiger charge is -2.20. The molecule has 1 saturated carbocycles. The van der Waals surface area contributed by atoms with Gasteiger partial charge in [0.05, 0.1) is 4.92 Å². The number of sulfone groups is 1. The third-order valence-electron chi connectivity index (χ3n) is 3.73. The van der Waals surface area contributed by atoms with Gasteiger partial charge in [0.15, 0.2) is 14.8 Å². The summed E-state index contributed by atoms with van der Waals surface area (Å²) in [5.74, 6) is 0.262. The third-order valence-corrected chi connectivity index (χ3v) is 6.58. The van der Waals surface area contributed by atoms with Crippen LogP contribution in [-0.2, 0) is 9.84 Å². The monoisotopic (exact) mass is 334 g/mol. The summed E-state index contributed by atoms with van der Waals surface area (Å²) in [6.07, 6.45) is 4.52. The SMILES string of the molecule is CS(=O)(=O)c1cc([N+](=O)[O-])c(NC2CCCC2CCO)s1. The second-order valence-electron chi connectivity index (χ2n) is 5.26. The summed E-state index contributed by atoms with van der Waals surface area (Å²) in [7, 11) is -3.46. The van der Waals surface area contributed by atoms with Crippen LogP contribution in [0.2, 0.25) is 0 Å². The molecule has 1 aliphatic rings. The van der Waals surface area contributed by atoms with Crippen molar-refractivity contribution in [2.45, 2.75) is 35.9 Å². The Kier molecular flexibility index (Phi) is 4.84. The molecule has 1 aliphatic carbocycles. The summed E-state index contributed by atoms with van der Waals surface area (Å²) in [6, 6.07) is 1.15. The van der Waals surface area contributed by atoms with Crippen molar-refractivity contribution in [1.29, 1.82) is 0 Å². The molecule has 9 heteroatoms. The number of hydrogen-bond donors (Lipinski definition) is 2. The molecule has 0 aromatic carbocycles. The van der Waals surface area contributed by atoms with Crippen LogP contribution >= 0.6 is 11.3 Å². The summed E-state index contributed by atoms with van der Waals surface area (Å²) in [5.41, 5.74) is -0.199. The van der Waals surface area contributed by atoms with Crippen LogP contribution in [0.25, 0.3) is 0 Å². The standard InChI is InChI=1S/C12H18N2O5S2/c1-21(18,19)11-7-10(14(16)17)12(20-11)13-9-4-2-3-8(9)5-6-15/h7-9,13,15H,2-6H2,1H3. The van der Waals surface area contributed by atoms with E-state index in [1.165, 1.54) is 0 Å². The van der Waals surface area contributed by atoms with Gasteiger partial charge in [-0.15, -0.1) is 0 Å². The molecule has 2 atom stereocenters. The first-order valence-corrected chi connectivity index (χ1v) is 9.39. The first-order valence-electron chi connectivity index (χ1n) is 6.68. The smallest absolute Gasteiger partial charge is 0.304 e. The highest BCUT2D eigenvalue weighted by Gasteiger charge is 2.31. The van der Waals surface area contributed by atoms with Gasteiger partial charge < -0.3 is 10.4 Å². The van der Waals surface area contributed by atoms with Crippen LogP contribution < -0.4 is 5.32 Å². The molecular formula is C12H18N2O5S2. The Morgan fingerprint density at radius 2 is 2.24 bits per heavy atom. The molecular weight excluding hydrogens is 316 g/mol. The van der Waals surface area contributed by atoms with Gasteiger partial charge in [-0.25, -0.2) is 8.42 Å². The predicted octanol–water partition coefficient (Wildman–Crippen LogP) is 2.02. The molecule has 1 aromatic heterocycles.